The first-order valence-corrected chi connectivity index (χ1v) is 10.9. The largest absolute Gasteiger partial charge is 0.486 e. The number of fused-ring (bicyclic) bond motifs is 2. The average molecular weight is 462 g/mol. The topological polar surface area (TPSA) is 18.5 Å². The summed E-state index contributed by atoms with van der Waals surface area (Å²) in [6.07, 6.45) is 2.25. The first kappa shape index (κ1) is 23.1. The Morgan fingerprint density at radius 1 is 0.697 bits per heavy atom. The average Bonchev–Trinajstić information content (AvgIpc) is 2.80. The summed E-state index contributed by atoms with van der Waals surface area (Å²) in [6.45, 7) is 3.32. The molecule has 4 rings (SSSR count). The lowest BCUT2D eigenvalue weighted by molar-refractivity contribution is 0.276. The van der Waals surface area contributed by atoms with Gasteiger partial charge < -0.3 is 9.47 Å². The lowest BCUT2D eigenvalue weighted by Gasteiger charge is -2.23. The van der Waals surface area contributed by atoms with Gasteiger partial charge in [0.15, 0.2) is 34.7 Å². The lowest BCUT2D eigenvalue weighted by atomic mass is 9.95. The Hall–Kier alpha value is -3.09. The third-order valence-corrected chi connectivity index (χ3v) is 5.71. The number of rotatable bonds is 7. The molecular weight excluding hydrogens is 439 g/mol. The first-order valence-electron chi connectivity index (χ1n) is 10.9. The Kier molecular flexibility index (Phi) is 6.58. The highest BCUT2D eigenvalue weighted by Crippen LogP contribution is 2.42. The fourth-order valence-electron chi connectivity index (χ4n) is 4.02. The molecule has 0 saturated carbocycles. The van der Waals surface area contributed by atoms with E-state index in [-0.39, 0.29) is 40.4 Å². The maximum absolute atomic E-state index is 15.1. The molecule has 33 heavy (non-hydrogen) atoms. The summed E-state index contributed by atoms with van der Waals surface area (Å²) in [5.74, 6) is -5.99. The van der Waals surface area contributed by atoms with Crippen LogP contribution in [0.3, 0.4) is 0 Å². The lowest BCUT2D eigenvalue weighted by Crippen LogP contribution is -2.11. The van der Waals surface area contributed by atoms with Crippen LogP contribution >= 0.6 is 0 Å². The quantitative estimate of drug-likeness (QED) is 0.264. The molecule has 0 saturated heterocycles. The standard InChI is InChI=1S/C26H23F5O2/c1-3-5-14-9-10-19(23(30)20(14)27)32-13-17-8-7-16-12-18-11-15(6-4-2)21(28)24(31)26(18)33-25(16)22(17)29/h7-11H,3-6,12-13H2,1-2H3. The summed E-state index contributed by atoms with van der Waals surface area (Å²) in [5.41, 5.74) is 1.42. The van der Waals surface area contributed by atoms with Crippen LogP contribution in [-0.2, 0) is 25.9 Å². The van der Waals surface area contributed by atoms with Gasteiger partial charge in [0, 0.05) is 23.1 Å². The summed E-state index contributed by atoms with van der Waals surface area (Å²) in [5, 5.41) is 0. The second kappa shape index (κ2) is 9.41. The second-order valence-electron chi connectivity index (χ2n) is 8.10. The van der Waals surface area contributed by atoms with Gasteiger partial charge in [-0.2, -0.15) is 8.78 Å². The van der Waals surface area contributed by atoms with Gasteiger partial charge in [-0.25, -0.2) is 13.2 Å². The number of hydrogen-bond acceptors (Lipinski definition) is 2. The SMILES string of the molecule is CCCc1ccc(OCc2ccc3c(c2F)Oc2c(cc(CCC)c(F)c2F)C3)c(F)c1F. The van der Waals surface area contributed by atoms with Gasteiger partial charge in [0.25, 0.3) is 0 Å². The molecule has 0 amide bonds. The molecule has 0 fully saturated rings. The molecule has 3 aromatic rings. The van der Waals surface area contributed by atoms with Gasteiger partial charge in [-0.3, -0.25) is 0 Å². The molecule has 0 aromatic heterocycles. The number of hydrogen-bond donors (Lipinski definition) is 0. The van der Waals surface area contributed by atoms with Crippen LogP contribution in [0.5, 0.6) is 17.2 Å². The van der Waals surface area contributed by atoms with Crippen molar-refractivity contribution >= 4 is 0 Å². The van der Waals surface area contributed by atoms with Crippen molar-refractivity contribution in [1.82, 2.24) is 0 Å². The molecule has 0 unspecified atom stereocenters. The second-order valence-corrected chi connectivity index (χ2v) is 8.10. The van der Waals surface area contributed by atoms with Crippen molar-refractivity contribution in [2.75, 3.05) is 0 Å². The van der Waals surface area contributed by atoms with Crippen LogP contribution in [0, 0.1) is 29.1 Å². The summed E-state index contributed by atoms with van der Waals surface area (Å²) in [4.78, 5) is 0. The van der Waals surface area contributed by atoms with Crippen LogP contribution in [-0.4, -0.2) is 0 Å². The molecule has 0 N–H and O–H groups in total. The Morgan fingerprint density at radius 3 is 2.06 bits per heavy atom. The normalized spacial score (nSPS) is 12.2. The maximum atomic E-state index is 15.1. The third kappa shape index (κ3) is 4.28. The maximum Gasteiger partial charge on any atom is 0.201 e. The number of benzene rings is 3. The van der Waals surface area contributed by atoms with Gasteiger partial charge in [0.05, 0.1) is 0 Å². The van der Waals surface area contributed by atoms with Crippen molar-refractivity contribution in [2.24, 2.45) is 0 Å². The van der Waals surface area contributed by atoms with Crippen molar-refractivity contribution in [3.63, 3.8) is 0 Å². The van der Waals surface area contributed by atoms with Crippen LogP contribution in [0.15, 0.2) is 30.3 Å². The minimum atomic E-state index is -1.15. The van der Waals surface area contributed by atoms with Crippen molar-refractivity contribution in [2.45, 2.75) is 52.6 Å². The molecule has 0 radical (unpaired) electrons. The van der Waals surface area contributed by atoms with E-state index >= 15 is 4.39 Å². The van der Waals surface area contributed by atoms with Crippen molar-refractivity contribution < 1.29 is 31.4 Å². The zero-order chi connectivity index (χ0) is 23.7. The van der Waals surface area contributed by atoms with Crippen LogP contribution < -0.4 is 9.47 Å². The Balaban J connectivity index is 1.59. The van der Waals surface area contributed by atoms with Crippen LogP contribution in [0.4, 0.5) is 22.0 Å². The predicted molar refractivity (Wildman–Crippen MR) is 114 cm³/mol. The van der Waals surface area contributed by atoms with Gasteiger partial charge in [0.2, 0.25) is 11.6 Å². The molecule has 7 heteroatoms. The minimum absolute atomic E-state index is 0.0122. The van der Waals surface area contributed by atoms with E-state index in [2.05, 4.69) is 0 Å². The highest BCUT2D eigenvalue weighted by molar-refractivity contribution is 5.53. The van der Waals surface area contributed by atoms with Gasteiger partial charge in [-0.05, 0) is 36.1 Å². The van der Waals surface area contributed by atoms with E-state index in [4.69, 9.17) is 9.47 Å². The smallest absolute Gasteiger partial charge is 0.201 e. The fourth-order valence-corrected chi connectivity index (χ4v) is 4.02. The van der Waals surface area contributed by atoms with E-state index in [1.807, 2.05) is 13.8 Å². The summed E-state index contributed by atoms with van der Waals surface area (Å²) in [7, 11) is 0. The number of ether oxygens (including phenoxy) is 2. The van der Waals surface area contributed by atoms with E-state index in [9.17, 15) is 17.6 Å². The molecule has 0 bridgehead atoms. The molecule has 174 valence electrons. The van der Waals surface area contributed by atoms with E-state index in [1.165, 1.54) is 18.2 Å². The summed E-state index contributed by atoms with van der Waals surface area (Å²) in [6, 6.07) is 7.34. The monoisotopic (exact) mass is 462 g/mol. The molecule has 2 nitrogen and oxygen atoms in total. The van der Waals surface area contributed by atoms with E-state index in [0.717, 1.165) is 0 Å². The van der Waals surface area contributed by atoms with Crippen molar-refractivity contribution in [3.05, 3.63) is 87.2 Å². The molecular formula is C26H23F5O2. The highest BCUT2D eigenvalue weighted by Gasteiger charge is 2.28. The van der Waals surface area contributed by atoms with E-state index < -0.39 is 35.7 Å². The first-order chi connectivity index (χ1) is 15.8. The summed E-state index contributed by atoms with van der Waals surface area (Å²) < 4.78 is 83.3. The molecule has 1 heterocycles. The van der Waals surface area contributed by atoms with E-state index in [1.54, 1.807) is 12.1 Å². The highest BCUT2D eigenvalue weighted by atomic mass is 19.2. The Bertz CT molecular complexity index is 1210. The Morgan fingerprint density at radius 2 is 1.33 bits per heavy atom. The molecule has 0 atom stereocenters. The van der Waals surface area contributed by atoms with Gasteiger partial charge in [0.1, 0.15) is 6.61 Å². The zero-order valence-electron chi connectivity index (χ0n) is 18.3. The molecule has 1 aliphatic rings. The van der Waals surface area contributed by atoms with Crippen LogP contribution in [0.25, 0.3) is 0 Å². The van der Waals surface area contributed by atoms with Crippen LogP contribution in [0.1, 0.15) is 54.5 Å². The van der Waals surface area contributed by atoms with Crippen molar-refractivity contribution in [1.29, 1.82) is 0 Å². The zero-order valence-corrected chi connectivity index (χ0v) is 18.3. The summed E-state index contributed by atoms with van der Waals surface area (Å²) >= 11 is 0. The molecule has 0 spiro atoms. The number of halogens is 5. The predicted octanol–water partition coefficient (Wildman–Crippen LogP) is 7.56. The minimum Gasteiger partial charge on any atom is -0.486 e. The Labute approximate surface area is 189 Å². The van der Waals surface area contributed by atoms with Gasteiger partial charge >= 0.3 is 0 Å². The molecule has 1 aliphatic heterocycles. The molecule has 0 aliphatic carbocycles. The van der Waals surface area contributed by atoms with Crippen LogP contribution in [0.2, 0.25) is 0 Å². The molecule has 3 aromatic carbocycles. The van der Waals surface area contributed by atoms with Gasteiger partial charge in [-0.1, -0.05) is 44.9 Å². The van der Waals surface area contributed by atoms with Gasteiger partial charge in [-0.15, -0.1) is 0 Å². The van der Waals surface area contributed by atoms with Crippen molar-refractivity contribution in [3.8, 4) is 17.2 Å². The number of aryl methyl sites for hydroxylation is 2. The van der Waals surface area contributed by atoms with E-state index in [0.29, 0.717) is 36.8 Å². The third-order valence-electron chi connectivity index (χ3n) is 5.71. The fraction of sp³-hybridized carbons (Fsp3) is 0.308.